The molecular weight excluding hydrogens is 615 g/mol. The highest BCUT2D eigenvalue weighted by Crippen LogP contribution is 2.39. The Kier molecular flexibility index (Phi) is 8.55. The predicted molar refractivity (Wildman–Crippen MR) is 154 cm³/mol. The number of β-lactam (4-membered cyclic amide) rings is 1. The van der Waals surface area contributed by atoms with E-state index >= 15 is 0 Å². The molecule has 2 heterocycles. The van der Waals surface area contributed by atoms with Gasteiger partial charge in [-0.1, -0.05) is 65.1 Å². The van der Waals surface area contributed by atoms with Crippen LogP contribution in [-0.4, -0.2) is 55.8 Å². The molecule has 2 N–H and O–H groups in total. The third kappa shape index (κ3) is 6.20. The molecule has 13 heteroatoms. The van der Waals surface area contributed by atoms with Crippen LogP contribution in [0.4, 0.5) is 0 Å². The van der Waals surface area contributed by atoms with Crippen LogP contribution in [0.15, 0.2) is 78.0 Å². The third-order valence-electron chi connectivity index (χ3n) is 6.35. The van der Waals surface area contributed by atoms with E-state index in [0.717, 1.165) is 10.5 Å². The molecule has 0 bridgehead atoms. The molecule has 0 aromatic heterocycles. The van der Waals surface area contributed by atoms with E-state index in [2.05, 4.69) is 5.32 Å². The number of carboxylic acid groups (broad SMARTS) is 1. The van der Waals surface area contributed by atoms with Gasteiger partial charge in [0.15, 0.2) is 11.5 Å². The van der Waals surface area contributed by atoms with E-state index in [1.54, 1.807) is 48.5 Å². The SMILES string of the molecule is O=C(Cc1ccccc1)N[C@@H]1C(=O)N2C(C(=O)O)=C(COc3cc(Cl)ccc3Oc3ccc(Cl)cc3Cl)CS(=O)[C@H]12. The van der Waals surface area contributed by atoms with Gasteiger partial charge in [-0.3, -0.25) is 18.7 Å². The summed E-state index contributed by atoms with van der Waals surface area (Å²) in [7, 11) is -1.71. The number of carboxylic acids is 1. The van der Waals surface area contributed by atoms with Crippen LogP contribution in [0.5, 0.6) is 17.2 Å². The highest BCUT2D eigenvalue weighted by molar-refractivity contribution is 7.86. The van der Waals surface area contributed by atoms with Crippen LogP contribution in [0.2, 0.25) is 15.1 Å². The zero-order chi connectivity index (χ0) is 29.3. The number of carbonyl (C=O) groups is 3. The van der Waals surface area contributed by atoms with E-state index < -0.39 is 40.0 Å². The summed E-state index contributed by atoms with van der Waals surface area (Å²) < 4.78 is 24.9. The van der Waals surface area contributed by atoms with Gasteiger partial charge in [-0.05, 0) is 35.9 Å². The summed E-state index contributed by atoms with van der Waals surface area (Å²) in [6.45, 7) is -0.319. The van der Waals surface area contributed by atoms with Crippen molar-refractivity contribution in [2.75, 3.05) is 12.4 Å². The topological polar surface area (TPSA) is 122 Å². The minimum absolute atomic E-state index is 0.0238. The van der Waals surface area contributed by atoms with Crippen LogP contribution in [0, 0.1) is 0 Å². The van der Waals surface area contributed by atoms with Crippen LogP contribution in [0.3, 0.4) is 0 Å². The lowest BCUT2D eigenvalue weighted by molar-refractivity contribution is -0.151. The van der Waals surface area contributed by atoms with Crippen molar-refractivity contribution in [2.24, 2.45) is 0 Å². The van der Waals surface area contributed by atoms with Gasteiger partial charge < -0.3 is 19.9 Å². The summed E-state index contributed by atoms with van der Waals surface area (Å²) in [5.74, 6) is -1.98. The molecule has 2 aliphatic heterocycles. The van der Waals surface area contributed by atoms with Gasteiger partial charge in [0.05, 0.1) is 28.0 Å². The molecule has 3 aromatic rings. The summed E-state index contributed by atoms with van der Waals surface area (Å²) in [5.41, 5.74) is 0.537. The minimum atomic E-state index is -1.71. The monoisotopic (exact) mass is 634 g/mol. The van der Waals surface area contributed by atoms with Crippen LogP contribution in [0.25, 0.3) is 0 Å². The van der Waals surface area contributed by atoms with Gasteiger partial charge >= 0.3 is 5.97 Å². The molecule has 1 saturated heterocycles. The molecule has 9 nitrogen and oxygen atoms in total. The molecule has 1 unspecified atom stereocenters. The number of aliphatic carboxylic acids is 1. The van der Waals surface area contributed by atoms with Crippen LogP contribution >= 0.6 is 34.8 Å². The molecule has 41 heavy (non-hydrogen) atoms. The summed E-state index contributed by atoms with van der Waals surface area (Å²) in [4.78, 5) is 38.7. The van der Waals surface area contributed by atoms with Crippen molar-refractivity contribution in [3.05, 3.63) is 98.6 Å². The Balaban J connectivity index is 1.33. The van der Waals surface area contributed by atoms with Crippen LogP contribution in [0.1, 0.15) is 5.56 Å². The molecular formula is C28H21Cl3N2O7S. The van der Waals surface area contributed by atoms with Crippen molar-refractivity contribution in [3.8, 4) is 17.2 Å². The third-order valence-corrected chi connectivity index (χ3v) is 8.77. The number of halogens is 3. The number of ether oxygens (including phenoxy) is 2. The van der Waals surface area contributed by atoms with Gasteiger partial charge in [0.25, 0.3) is 5.91 Å². The first kappa shape index (κ1) is 28.9. The van der Waals surface area contributed by atoms with E-state index in [4.69, 9.17) is 44.3 Å². The zero-order valence-electron chi connectivity index (χ0n) is 21.0. The minimum Gasteiger partial charge on any atom is -0.485 e. The Labute approximate surface area is 252 Å². The average molecular weight is 636 g/mol. The Morgan fingerprint density at radius 2 is 1.66 bits per heavy atom. The maximum Gasteiger partial charge on any atom is 0.352 e. The lowest BCUT2D eigenvalue weighted by Gasteiger charge is -2.49. The zero-order valence-corrected chi connectivity index (χ0v) is 24.1. The lowest BCUT2D eigenvalue weighted by Crippen LogP contribution is -2.73. The summed E-state index contributed by atoms with van der Waals surface area (Å²) in [5, 5.41) is 12.6. The van der Waals surface area contributed by atoms with Gasteiger partial charge in [0.2, 0.25) is 5.91 Å². The van der Waals surface area contributed by atoms with Gasteiger partial charge in [-0.15, -0.1) is 0 Å². The Hall–Kier alpha value is -3.57. The van der Waals surface area contributed by atoms with Gasteiger partial charge in [0, 0.05) is 21.7 Å². The van der Waals surface area contributed by atoms with E-state index in [1.165, 1.54) is 12.1 Å². The maximum absolute atomic E-state index is 13.2. The van der Waals surface area contributed by atoms with Crippen molar-refractivity contribution < 1.29 is 33.2 Å². The molecule has 5 rings (SSSR count). The van der Waals surface area contributed by atoms with Gasteiger partial charge in [-0.2, -0.15) is 0 Å². The summed E-state index contributed by atoms with van der Waals surface area (Å²) >= 11 is 18.3. The van der Waals surface area contributed by atoms with Gasteiger partial charge in [0.1, 0.15) is 29.5 Å². The number of hydrogen-bond acceptors (Lipinski definition) is 6. The Morgan fingerprint density at radius 1 is 0.976 bits per heavy atom. The van der Waals surface area contributed by atoms with E-state index in [9.17, 15) is 23.7 Å². The fourth-order valence-electron chi connectivity index (χ4n) is 4.49. The van der Waals surface area contributed by atoms with Crippen molar-refractivity contribution in [1.29, 1.82) is 0 Å². The fourth-order valence-corrected chi connectivity index (χ4v) is 6.77. The van der Waals surface area contributed by atoms with Crippen molar-refractivity contribution >= 4 is 63.4 Å². The second-order valence-electron chi connectivity index (χ2n) is 9.15. The van der Waals surface area contributed by atoms with E-state index in [-0.39, 0.29) is 46.6 Å². The molecule has 0 radical (unpaired) electrons. The highest BCUT2D eigenvalue weighted by Gasteiger charge is 2.57. The molecule has 2 amide bonds. The number of amides is 2. The molecule has 1 fully saturated rings. The molecule has 3 atom stereocenters. The number of hydrogen-bond donors (Lipinski definition) is 2. The van der Waals surface area contributed by atoms with Crippen LogP contribution < -0.4 is 14.8 Å². The maximum atomic E-state index is 13.2. The Morgan fingerprint density at radius 3 is 2.34 bits per heavy atom. The molecule has 3 aromatic carbocycles. The molecule has 212 valence electrons. The smallest absolute Gasteiger partial charge is 0.352 e. The summed E-state index contributed by atoms with van der Waals surface area (Å²) in [6.07, 6.45) is 0.0238. The molecule has 0 aliphatic carbocycles. The number of rotatable bonds is 9. The largest absolute Gasteiger partial charge is 0.485 e. The number of carbonyl (C=O) groups excluding carboxylic acids is 2. The quantitative estimate of drug-likeness (QED) is 0.324. The highest BCUT2D eigenvalue weighted by atomic mass is 35.5. The van der Waals surface area contributed by atoms with Gasteiger partial charge in [-0.25, -0.2) is 4.79 Å². The predicted octanol–water partition coefficient (Wildman–Crippen LogP) is 4.81. The van der Waals surface area contributed by atoms with E-state index in [1.807, 2.05) is 6.07 Å². The second kappa shape index (κ2) is 12.1. The second-order valence-corrected chi connectivity index (χ2v) is 12.0. The summed E-state index contributed by atoms with van der Waals surface area (Å²) in [6, 6.07) is 17.1. The number of nitrogens with one attached hydrogen (secondary N) is 1. The normalized spacial score (nSPS) is 19.7. The number of benzene rings is 3. The Bertz CT molecular complexity index is 1600. The van der Waals surface area contributed by atoms with Crippen molar-refractivity contribution in [1.82, 2.24) is 10.2 Å². The first-order valence-electron chi connectivity index (χ1n) is 12.2. The molecule has 0 spiro atoms. The first-order valence-corrected chi connectivity index (χ1v) is 14.7. The average Bonchev–Trinajstić information content (AvgIpc) is 2.93. The lowest BCUT2D eigenvalue weighted by atomic mass is 10.0. The standard InChI is InChI=1S/C28H21Cl3N2O7S/c29-17-6-8-20(19(31)11-17)40-21-9-7-18(30)12-22(21)39-13-16-14-41(38)27-24(26(35)33(27)25(16)28(36)37)32-23(34)10-15-4-2-1-3-5-15/h1-9,11-12,24,27H,10,13-14H2,(H,32,34)(H,36,37)/t24-,27-,41?/m1/s1. The van der Waals surface area contributed by atoms with Crippen molar-refractivity contribution in [3.63, 3.8) is 0 Å². The number of fused-ring (bicyclic) bond motifs is 1. The fraction of sp³-hybridized carbons (Fsp3) is 0.179. The first-order chi connectivity index (χ1) is 19.6. The van der Waals surface area contributed by atoms with Crippen molar-refractivity contribution in [2.45, 2.75) is 17.8 Å². The van der Waals surface area contributed by atoms with E-state index in [0.29, 0.717) is 15.8 Å². The molecule has 0 saturated carbocycles. The van der Waals surface area contributed by atoms with Crippen LogP contribution in [-0.2, 0) is 31.6 Å². The number of nitrogens with zero attached hydrogens (tertiary/aromatic N) is 1. The molecule has 2 aliphatic rings.